The molecule has 21 heavy (non-hydrogen) atoms. The number of amides is 1. The van der Waals surface area contributed by atoms with Gasteiger partial charge in [-0.25, -0.2) is 14.6 Å². The smallest absolute Gasteiger partial charge is 0.412 e. The molecule has 7 heteroatoms. The van der Waals surface area contributed by atoms with Crippen molar-refractivity contribution in [2.45, 2.75) is 46.3 Å². The van der Waals surface area contributed by atoms with Crippen molar-refractivity contribution < 1.29 is 23.5 Å². The van der Waals surface area contributed by atoms with Gasteiger partial charge in [0.05, 0.1) is 23.6 Å². The number of pyridine rings is 1. The first kappa shape index (κ1) is 16.9. The Hall–Kier alpha value is -2.18. The van der Waals surface area contributed by atoms with E-state index in [1.54, 1.807) is 34.6 Å². The number of nitrogens with zero attached hydrogens (tertiary/aromatic N) is 1. The Balaban J connectivity index is 2.97. The number of rotatable bonds is 3. The topological polar surface area (TPSA) is 77.5 Å². The molecule has 1 rings (SSSR count). The Labute approximate surface area is 122 Å². The van der Waals surface area contributed by atoms with Crippen molar-refractivity contribution >= 4 is 17.7 Å². The minimum Gasteiger partial charge on any atom is -0.459 e. The average molecular weight is 298 g/mol. The van der Waals surface area contributed by atoms with Crippen LogP contribution in [0, 0.1) is 5.95 Å². The van der Waals surface area contributed by atoms with Gasteiger partial charge in [0.15, 0.2) is 0 Å². The van der Waals surface area contributed by atoms with Crippen LogP contribution in [0.1, 0.15) is 45.0 Å². The molecule has 0 saturated carbocycles. The molecule has 1 heterocycles. The van der Waals surface area contributed by atoms with Crippen molar-refractivity contribution in [2.75, 3.05) is 5.32 Å². The lowest BCUT2D eigenvalue weighted by atomic mass is 10.2. The van der Waals surface area contributed by atoms with E-state index in [4.69, 9.17) is 9.47 Å². The van der Waals surface area contributed by atoms with Gasteiger partial charge in [-0.15, -0.1) is 0 Å². The number of hydrogen-bond acceptors (Lipinski definition) is 5. The highest BCUT2D eigenvalue weighted by molar-refractivity contribution is 5.99. The largest absolute Gasteiger partial charge is 0.459 e. The summed E-state index contributed by atoms with van der Waals surface area (Å²) in [4.78, 5) is 27.0. The van der Waals surface area contributed by atoms with Crippen molar-refractivity contribution in [3.63, 3.8) is 0 Å². The molecule has 0 aliphatic heterocycles. The number of ether oxygens (including phenoxy) is 2. The Bertz CT molecular complexity index is 538. The molecule has 0 unspecified atom stereocenters. The SMILES string of the molecule is CC(C)OC(=O)c1cc(F)ncc1NC(=O)OC(C)(C)C. The van der Waals surface area contributed by atoms with Crippen LogP contribution < -0.4 is 5.32 Å². The third-order valence-corrected chi connectivity index (χ3v) is 2.07. The fourth-order valence-corrected chi connectivity index (χ4v) is 1.39. The van der Waals surface area contributed by atoms with E-state index in [0.717, 1.165) is 12.3 Å². The summed E-state index contributed by atoms with van der Waals surface area (Å²) in [6.45, 7) is 8.42. The zero-order valence-corrected chi connectivity index (χ0v) is 12.7. The first-order valence-electron chi connectivity index (χ1n) is 6.45. The number of carbonyl (C=O) groups is 2. The van der Waals surface area contributed by atoms with Crippen LogP contribution in [0.4, 0.5) is 14.9 Å². The fourth-order valence-electron chi connectivity index (χ4n) is 1.39. The molecule has 116 valence electrons. The summed E-state index contributed by atoms with van der Waals surface area (Å²) in [5.74, 6) is -1.60. The number of nitrogens with one attached hydrogen (secondary N) is 1. The molecule has 0 saturated heterocycles. The summed E-state index contributed by atoms with van der Waals surface area (Å²) in [6, 6.07) is 0.900. The van der Waals surface area contributed by atoms with Crippen LogP contribution in [0.3, 0.4) is 0 Å². The maximum atomic E-state index is 13.2. The molecule has 0 aliphatic carbocycles. The molecule has 0 aromatic carbocycles. The van der Waals surface area contributed by atoms with E-state index < -0.39 is 23.6 Å². The first-order chi connectivity index (χ1) is 9.58. The second-order valence-corrected chi connectivity index (χ2v) is 5.63. The molecule has 0 spiro atoms. The number of carbonyl (C=O) groups excluding carboxylic acids is 2. The number of esters is 1. The normalized spacial score (nSPS) is 11.2. The summed E-state index contributed by atoms with van der Waals surface area (Å²) < 4.78 is 23.2. The fraction of sp³-hybridized carbons (Fsp3) is 0.500. The third kappa shape index (κ3) is 5.76. The number of halogens is 1. The molecule has 0 fully saturated rings. The third-order valence-electron chi connectivity index (χ3n) is 2.07. The predicted octanol–water partition coefficient (Wildman–Crippen LogP) is 3.13. The number of hydrogen-bond donors (Lipinski definition) is 1. The zero-order valence-electron chi connectivity index (χ0n) is 12.7. The molecule has 0 atom stereocenters. The molecular weight excluding hydrogens is 279 g/mol. The van der Waals surface area contributed by atoms with Gasteiger partial charge in [-0.2, -0.15) is 4.39 Å². The second kappa shape index (κ2) is 6.51. The maximum absolute atomic E-state index is 13.2. The lowest BCUT2D eigenvalue weighted by Gasteiger charge is -2.20. The van der Waals surface area contributed by atoms with Crippen molar-refractivity contribution in [1.29, 1.82) is 0 Å². The van der Waals surface area contributed by atoms with Crippen LogP contribution in [0.5, 0.6) is 0 Å². The molecule has 1 aromatic rings. The molecule has 1 amide bonds. The first-order valence-corrected chi connectivity index (χ1v) is 6.45. The quantitative estimate of drug-likeness (QED) is 0.685. The summed E-state index contributed by atoms with van der Waals surface area (Å²) in [5, 5.41) is 2.36. The molecule has 0 radical (unpaired) electrons. The Morgan fingerprint density at radius 2 is 1.95 bits per heavy atom. The van der Waals surface area contributed by atoms with Crippen LogP contribution in [-0.4, -0.2) is 28.8 Å². The Morgan fingerprint density at radius 3 is 2.48 bits per heavy atom. The summed E-state index contributed by atoms with van der Waals surface area (Å²) in [5.41, 5.74) is -0.797. The zero-order chi connectivity index (χ0) is 16.2. The predicted molar refractivity (Wildman–Crippen MR) is 74.6 cm³/mol. The van der Waals surface area contributed by atoms with Gasteiger partial charge >= 0.3 is 12.1 Å². The minimum atomic E-state index is -0.847. The van der Waals surface area contributed by atoms with E-state index in [2.05, 4.69) is 10.3 Å². The lowest BCUT2D eigenvalue weighted by molar-refractivity contribution is 0.0378. The van der Waals surface area contributed by atoms with Gasteiger partial charge < -0.3 is 9.47 Å². The highest BCUT2D eigenvalue weighted by Crippen LogP contribution is 2.18. The summed E-state index contributed by atoms with van der Waals surface area (Å²) in [7, 11) is 0. The van der Waals surface area contributed by atoms with E-state index in [1.807, 2.05) is 0 Å². The van der Waals surface area contributed by atoms with Crippen LogP contribution in [-0.2, 0) is 9.47 Å². The van der Waals surface area contributed by atoms with Crippen LogP contribution in [0.25, 0.3) is 0 Å². The van der Waals surface area contributed by atoms with Crippen LogP contribution in [0.15, 0.2) is 12.3 Å². The number of anilines is 1. The molecule has 1 aromatic heterocycles. The number of aromatic nitrogens is 1. The van der Waals surface area contributed by atoms with E-state index in [1.165, 1.54) is 0 Å². The second-order valence-electron chi connectivity index (χ2n) is 5.63. The highest BCUT2D eigenvalue weighted by atomic mass is 19.1. The average Bonchev–Trinajstić information content (AvgIpc) is 2.27. The monoisotopic (exact) mass is 298 g/mol. The maximum Gasteiger partial charge on any atom is 0.412 e. The van der Waals surface area contributed by atoms with Crippen molar-refractivity contribution in [3.05, 3.63) is 23.8 Å². The van der Waals surface area contributed by atoms with E-state index in [9.17, 15) is 14.0 Å². The van der Waals surface area contributed by atoms with Crippen LogP contribution in [0.2, 0.25) is 0 Å². The lowest BCUT2D eigenvalue weighted by Crippen LogP contribution is -2.28. The Morgan fingerprint density at radius 1 is 1.33 bits per heavy atom. The van der Waals surface area contributed by atoms with E-state index >= 15 is 0 Å². The molecule has 1 N–H and O–H groups in total. The van der Waals surface area contributed by atoms with Gasteiger partial charge in [-0.1, -0.05) is 0 Å². The van der Waals surface area contributed by atoms with Gasteiger partial charge in [0.2, 0.25) is 5.95 Å². The van der Waals surface area contributed by atoms with Crippen molar-refractivity contribution in [3.8, 4) is 0 Å². The Kier molecular flexibility index (Phi) is 5.23. The standard InChI is InChI=1S/C14H19FN2O4/c1-8(2)20-12(18)9-6-11(15)16-7-10(9)17-13(19)21-14(3,4)5/h6-8H,1-5H3,(H,17,19). The van der Waals surface area contributed by atoms with Gasteiger partial charge in [0, 0.05) is 6.07 Å². The van der Waals surface area contributed by atoms with Crippen molar-refractivity contribution in [1.82, 2.24) is 4.98 Å². The van der Waals surface area contributed by atoms with Crippen molar-refractivity contribution in [2.24, 2.45) is 0 Å². The van der Waals surface area contributed by atoms with Gasteiger partial charge in [0.1, 0.15) is 5.60 Å². The van der Waals surface area contributed by atoms with Gasteiger partial charge in [-0.05, 0) is 34.6 Å². The highest BCUT2D eigenvalue weighted by Gasteiger charge is 2.21. The minimum absolute atomic E-state index is 0.0244. The molecule has 6 nitrogen and oxygen atoms in total. The van der Waals surface area contributed by atoms with E-state index in [0.29, 0.717) is 0 Å². The summed E-state index contributed by atoms with van der Waals surface area (Å²) in [6.07, 6.45) is -0.103. The van der Waals surface area contributed by atoms with Gasteiger partial charge in [-0.3, -0.25) is 5.32 Å². The molecular formula is C14H19FN2O4. The van der Waals surface area contributed by atoms with Gasteiger partial charge in [0.25, 0.3) is 0 Å². The molecule has 0 bridgehead atoms. The summed E-state index contributed by atoms with van der Waals surface area (Å²) >= 11 is 0. The van der Waals surface area contributed by atoms with Crippen LogP contribution >= 0.6 is 0 Å². The molecule has 0 aliphatic rings. The van der Waals surface area contributed by atoms with E-state index in [-0.39, 0.29) is 17.4 Å².